The molecule has 2 N–H and O–H groups in total. The number of rotatable bonds is 6. The Balaban J connectivity index is 1.47. The summed E-state index contributed by atoms with van der Waals surface area (Å²) in [5.41, 5.74) is 0.359. The van der Waals surface area contributed by atoms with Gasteiger partial charge >= 0.3 is 0 Å². The van der Waals surface area contributed by atoms with E-state index in [4.69, 9.17) is 4.74 Å². The minimum absolute atomic E-state index is 0.0184. The lowest BCUT2D eigenvalue weighted by atomic mass is 9.97. The van der Waals surface area contributed by atoms with Crippen LogP contribution in [0.5, 0.6) is 5.75 Å². The van der Waals surface area contributed by atoms with E-state index in [0.29, 0.717) is 12.5 Å². The Labute approximate surface area is 144 Å². The lowest BCUT2D eigenvalue weighted by molar-refractivity contribution is -0.126. The number of hydrogen-bond acceptors (Lipinski definition) is 4. The SMILES string of the molecule is COc1ccccc1N1CCC(CNC(=O)CC2(O)CCCC2)C1. The molecule has 2 fully saturated rings. The second kappa shape index (κ2) is 7.43. The van der Waals surface area contributed by atoms with Crippen LogP contribution in [0.2, 0.25) is 0 Å². The van der Waals surface area contributed by atoms with Gasteiger partial charge in [0.25, 0.3) is 0 Å². The summed E-state index contributed by atoms with van der Waals surface area (Å²) < 4.78 is 5.44. The summed E-state index contributed by atoms with van der Waals surface area (Å²) in [5, 5.41) is 13.3. The van der Waals surface area contributed by atoms with Gasteiger partial charge in [0.2, 0.25) is 5.91 Å². The van der Waals surface area contributed by atoms with Crippen LogP contribution >= 0.6 is 0 Å². The van der Waals surface area contributed by atoms with Gasteiger partial charge in [-0.15, -0.1) is 0 Å². The standard InChI is InChI=1S/C19H28N2O3/c1-24-17-7-3-2-6-16(17)21-11-8-15(14-21)13-20-18(22)12-19(23)9-4-5-10-19/h2-3,6-7,15,23H,4-5,8-14H2,1H3,(H,20,22). The third kappa shape index (κ3) is 4.01. The van der Waals surface area contributed by atoms with Gasteiger partial charge in [0, 0.05) is 19.6 Å². The fraction of sp³-hybridized carbons (Fsp3) is 0.632. The molecular formula is C19H28N2O3. The first-order chi connectivity index (χ1) is 11.6. The fourth-order valence-corrected chi connectivity index (χ4v) is 3.94. The highest BCUT2D eigenvalue weighted by Gasteiger charge is 2.33. The molecule has 24 heavy (non-hydrogen) atoms. The molecule has 1 saturated heterocycles. The van der Waals surface area contributed by atoms with Crippen LogP contribution < -0.4 is 15.0 Å². The van der Waals surface area contributed by atoms with Crippen LogP contribution in [0.4, 0.5) is 5.69 Å². The highest BCUT2D eigenvalue weighted by Crippen LogP contribution is 2.33. The maximum atomic E-state index is 12.1. The average Bonchev–Trinajstić information content (AvgIpc) is 3.22. The van der Waals surface area contributed by atoms with Gasteiger partial charge in [0.15, 0.2) is 0 Å². The Hall–Kier alpha value is -1.75. The van der Waals surface area contributed by atoms with E-state index in [-0.39, 0.29) is 12.3 Å². The number of ether oxygens (including phenoxy) is 1. The summed E-state index contributed by atoms with van der Waals surface area (Å²) in [7, 11) is 1.69. The fourth-order valence-electron chi connectivity index (χ4n) is 3.94. The summed E-state index contributed by atoms with van der Waals surface area (Å²) in [6.07, 6.45) is 4.87. The van der Waals surface area contributed by atoms with Crippen molar-refractivity contribution in [2.24, 2.45) is 5.92 Å². The molecule has 1 saturated carbocycles. The van der Waals surface area contributed by atoms with Crippen molar-refractivity contribution < 1.29 is 14.6 Å². The van der Waals surface area contributed by atoms with Gasteiger partial charge in [-0.1, -0.05) is 25.0 Å². The molecule has 0 radical (unpaired) electrons. The largest absolute Gasteiger partial charge is 0.495 e. The number of nitrogens with zero attached hydrogens (tertiary/aromatic N) is 1. The molecule has 5 nitrogen and oxygen atoms in total. The van der Waals surface area contributed by atoms with Gasteiger partial charge in [-0.25, -0.2) is 0 Å². The molecule has 1 aromatic rings. The molecule has 1 aliphatic carbocycles. The lowest BCUT2D eigenvalue weighted by Gasteiger charge is -2.22. The Kier molecular flexibility index (Phi) is 5.29. The van der Waals surface area contributed by atoms with Gasteiger partial charge in [0.1, 0.15) is 5.75 Å². The number of para-hydroxylation sites is 2. The quantitative estimate of drug-likeness (QED) is 0.839. The van der Waals surface area contributed by atoms with Crippen LogP contribution in [-0.4, -0.2) is 43.4 Å². The van der Waals surface area contributed by atoms with Crippen molar-refractivity contribution in [1.82, 2.24) is 5.32 Å². The van der Waals surface area contributed by atoms with Crippen LogP contribution in [0.25, 0.3) is 0 Å². The van der Waals surface area contributed by atoms with Gasteiger partial charge in [0.05, 0.1) is 24.8 Å². The molecule has 1 aromatic carbocycles. The van der Waals surface area contributed by atoms with Crippen LogP contribution in [0.3, 0.4) is 0 Å². The maximum absolute atomic E-state index is 12.1. The molecule has 0 spiro atoms. The van der Waals surface area contributed by atoms with Gasteiger partial charge in [-0.2, -0.15) is 0 Å². The maximum Gasteiger partial charge on any atom is 0.222 e. The summed E-state index contributed by atoms with van der Waals surface area (Å²) in [6, 6.07) is 8.06. The highest BCUT2D eigenvalue weighted by atomic mass is 16.5. The first-order valence-corrected chi connectivity index (χ1v) is 8.97. The molecule has 1 heterocycles. The van der Waals surface area contributed by atoms with Crippen molar-refractivity contribution >= 4 is 11.6 Å². The summed E-state index contributed by atoms with van der Waals surface area (Å²) >= 11 is 0. The third-order valence-corrected chi connectivity index (χ3v) is 5.32. The first-order valence-electron chi connectivity index (χ1n) is 8.97. The zero-order chi connectivity index (χ0) is 17.0. The summed E-state index contributed by atoms with van der Waals surface area (Å²) in [6.45, 7) is 2.58. The smallest absolute Gasteiger partial charge is 0.222 e. The average molecular weight is 332 g/mol. The molecule has 1 atom stereocenters. The van der Waals surface area contributed by atoms with Crippen LogP contribution in [0.1, 0.15) is 38.5 Å². The van der Waals surface area contributed by atoms with Crippen molar-refractivity contribution in [3.8, 4) is 5.75 Å². The van der Waals surface area contributed by atoms with Crippen LogP contribution in [-0.2, 0) is 4.79 Å². The van der Waals surface area contributed by atoms with Crippen molar-refractivity contribution in [2.45, 2.75) is 44.1 Å². The number of nitrogens with one attached hydrogen (secondary N) is 1. The topological polar surface area (TPSA) is 61.8 Å². The van der Waals surface area contributed by atoms with E-state index in [1.54, 1.807) is 7.11 Å². The van der Waals surface area contributed by atoms with E-state index in [1.807, 2.05) is 18.2 Å². The number of aliphatic hydroxyl groups is 1. The predicted octanol–water partition coefficient (Wildman–Crippen LogP) is 2.33. The van der Waals surface area contributed by atoms with E-state index in [2.05, 4.69) is 16.3 Å². The van der Waals surface area contributed by atoms with Gasteiger partial charge in [-0.05, 0) is 37.3 Å². The monoisotopic (exact) mass is 332 g/mol. The number of carbonyl (C=O) groups excluding carboxylic acids is 1. The molecule has 1 aliphatic heterocycles. The van der Waals surface area contributed by atoms with E-state index in [0.717, 1.165) is 56.6 Å². The molecule has 2 aliphatic rings. The molecule has 3 rings (SSSR count). The van der Waals surface area contributed by atoms with E-state index in [1.165, 1.54) is 0 Å². The minimum atomic E-state index is -0.761. The second-order valence-electron chi connectivity index (χ2n) is 7.18. The first kappa shape index (κ1) is 17.1. The van der Waals surface area contributed by atoms with E-state index < -0.39 is 5.60 Å². The molecule has 5 heteroatoms. The molecule has 0 aromatic heterocycles. The zero-order valence-electron chi connectivity index (χ0n) is 14.5. The van der Waals surface area contributed by atoms with Crippen molar-refractivity contribution in [2.75, 3.05) is 31.6 Å². The number of amides is 1. The molecule has 0 bridgehead atoms. The van der Waals surface area contributed by atoms with Crippen LogP contribution in [0.15, 0.2) is 24.3 Å². The lowest BCUT2D eigenvalue weighted by Crippen LogP contribution is -2.37. The number of carbonyl (C=O) groups is 1. The third-order valence-electron chi connectivity index (χ3n) is 5.32. The van der Waals surface area contributed by atoms with Crippen molar-refractivity contribution in [1.29, 1.82) is 0 Å². The number of anilines is 1. The molecular weight excluding hydrogens is 304 g/mol. The molecule has 1 amide bonds. The molecule has 1 unspecified atom stereocenters. The normalized spacial score (nSPS) is 22.6. The Morgan fingerprint density at radius 1 is 1.38 bits per heavy atom. The Morgan fingerprint density at radius 2 is 2.12 bits per heavy atom. The minimum Gasteiger partial charge on any atom is -0.495 e. The van der Waals surface area contributed by atoms with Crippen molar-refractivity contribution in [3.05, 3.63) is 24.3 Å². The highest BCUT2D eigenvalue weighted by molar-refractivity contribution is 5.77. The van der Waals surface area contributed by atoms with E-state index in [9.17, 15) is 9.90 Å². The summed E-state index contributed by atoms with van der Waals surface area (Å²) in [5.74, 6) is 1.32. The van der Waals surface area contributed by atoms with Gasteiger partial charge in [-0.3, -0.25) is 4.79 Å². The van der Waals surface area contributed by atoms with Crippen molar-refractivity contribution in [3.63, 3.8) is 0 Å². The second-order valence-corrected chi connectivity index (χ2v) is 7.18. The Bertz CT molecular complexity index is 569. The number of benzene rings is 1. The zero-order valence-corrected chi connectivity index (χ0v) is 14.5. The van der Waals surface area contributed by atoms with E-state index >= 15 is 0 Å². The number of hydrogen-bond donors (Lipinski definition) is 2. The molecule has 132 valence electrons. The van der Waals surface area contributed by atoms with Gasteiger partial charge < -0.3 is 20.1 Å². The number of methoxy groups -OCH3 is 1. The summed E-state index contributed by atoms with van der Waals surface area (Å²) in [4.78, 5) is 14.4. The predicted molar refractivity (Wildman–Crippen MR) is 94.4 cm³/mol. The Morgan fingerprint density at radius 3 is 2.88 bits per heavy atom. The van der Waals surface area contributed by atoms with Crippen LogP contribution in [0, 0.1) is 5.92 Å².